The molecule has 2 N–H and O–H groups in total. The average molecular weight is 300 g/mol. The first-order valence-corrected chi connectivity index (χ1v) is 7.55. The van der Waals surface area contributed by atoms with Gasteiger partial charge >= 0.3 is 0 Å². The maximum absolute atomic E-state index is 12.9. The fourth-order valence-electron chi connectivity index (χ4n) is 2.18. The summed E-state index contributed by atoms with van der Waals surface area (Å²) in [6.45, 7) is 2.88. The Kier molecular flexibility index (Phi) is 6.10. The smallest absolute Gasteiger partial charge is 0.246 e. The number of carbonyl (C=O) groups excluding carboxylic acids is 1. The minimum atomic E-state index is -0.419. The zero-order valence-corrected chi connectivity index (χ0v) is 12.7. The zero-order chi connectivity index (χ0) is 15.8. The third-order valence-corrected chi connectivity index (χ3v) is 3.39. The minimum absolute atomic E-state index is 0.145. The van der Waals surface area contributed by atoms with E-state index >= 15 is 0 Å². The van der Waals surface area contributed by atoms with Crippen molar-refractivity contribution in [3.05, 3.63) is 66.0 Å². The summed E-state index contributed by atoms with van der Waals surface area (Å²) < 4.78 is 12.9. The molecule has 1 amide bonds. The number of hydrogen-bond donors (Lipinski definition) is 2. The van der Waals surface area contributed by atoms with Gasteiger partial charge in [0.15, 0.2) is 0 Å². The van der Waals surface area contributed by atoms with E-state index in [9.17, 15) is 9.18 Å². The Morgan fingerprint density at radius 1 is 1.09 bits per heavy atom. The first-order chi connectivity index (χ1) is 10.7. The molecule has 0 aliphatic heterocycles. The highest BCUT2D eigenvalue weighted by Gasteiger charge is 2.19. The third kappa shape index (κ3) is 4.67. The Hall–Kier alpha value is -2.20. The van der Waals surface area contributed by atoms with Gasteiger partial charge in [-0.3, -0.25) is 4.79 Å². The molecule has 0 fully saturated rings. The number of amides is 1. The number of benzene rings is 2. The number of halogens is 1. The van der Waals surface area contributed by atoms with Gasteiger partial charge in [-0.25, -0.2) is 4.39 Å². The van der Waals surface area contributed by atoms with Gasteiger partial charge in [0.1, 0.15) is 11.9 Å². The van der Waals surface area contributed by atoms with Crippen LogP contribution in [0, 0.1) is 5.82 Å². The van der Waals surface area contributed by atoms with Gasteiger partial charge in [-0.15, -0.1) is 0 Å². The van der Waals surface area contributed by atoms with Crippen LogP contribution >= 0.6 is 0 Å². The minimum Gasteiger partial charge on any atom is -0.324 e. The fraction of sp³-hybridized carbons (Fsp3) is 0.278. The first kappa shape index (κ1) is 16.2. The first-order valence-electron chi connectivity index (χ1n) is 7.55. The zero-order valence-electron chi connectivity index (χ0n) is 12.7. The molecule has 2 aromatic carbocycles. The van der Waals surface area contributed by atoms with Crippen molar-refractivity contribution in [1.82, 2.24) is 5.32 Å². The number of nitrogens with one attached hydrogen (secondary N) is 2. The van der Waals surface area contributed by atoms with Crippen LogP contribution in [0.5, 0.6) is 0 Å². The predicted molar refractivity (Wildman–Crippen MR) is 87.1 cm³/mol. The normalized spacial score (nSPS) is 11.9. The molecule has 0 aliphatic carbocycles. The van der Waals surface area contributed by atoms with Crippen molar-refractivity contribution in [2.45, 2.75) is 25.8 Å². The molecule has 0 saturated heterocycles. The molecule has 0 radical (unpaired) electrons. The molecule has 2 rings (SSSR count). The van der Waals surface area contributed by atoms with Crippen molar-refractivity contribution in [2.24, 2.45) is 0 Å². The van der Waals surface area contributed by atoms with Gasteiger partial charge in [0, 0.05) is 5.69 Å². The highest BCUT2D eigenvalue weighted by Crippen LogP contribution is 2.16. The van der Waals surface area contributed by atoms with Gasteiger partial charge in [0.2, 0.25) is 5.91 Å². The second kappa shape index (κ2) is 8.29. The predicted octanol–water partition coefficient (Wildman–Crippen LogP) is 3.90. The van der Waals surface area contributed by atoms with Crippen LogP contribution in [0.3, 0.4) is 0 Å². The van der Waals surface area contributed by atoms with Gasteiger partial charge in [0.25, 0.3) is 0 Å². The summed E-state index contributed by atoms with van der Waals surface area (Å²) in [6.07, 6.45) is 2.07. The number of anilines is 1. The Balaban J connectivity index is 2.09. The Bertz CT molecular complexity index is 584. The number of carbonyl (C=O) groups is 1. The molecular weight excluding hydrogens is 279 g/mol. The lowest BCUT2D eigenvalue weighted by atomic mass is 10.1. The third-order valence-electron chi connectivity index (χ3n) is 3.39. The van der Waals surface area contributed by atoms with Crippen LogP contribution in [0.1, 0.15) is 31.4 Å². The van der Waals surface area contributed by atoms with Crippen LogP contribution < -0.4 is 10.6 Å². The van der Waals surface area contributed by atoms with Gasteiger partial charge in [-0.05, 0) is 42.8 Å². The van der Waals surface area contributed by atoms with Crippen LogP contribution in [0.15, 0.2) is 54.6 Å². The quantitative estimate of drug-likeness (QED) is 0.762. The van der Waals surface area contributed by atoms with E-state index in [1.807, 2.05) is 30.3 Å². The van der Waals surface area contributed by atoms with E-state index in [0.29, 0.717) is 5.69 Å². The van der Waals surface area contributed by atoms with Crippen molar-refractivity contribution in [1.29, 1.82) is 0 Å². The maximum atomic E-state index is 12.9. The molecule has 4 heteroatoms. The molecule has 1 atom stereocenters. The second-order valence-electron chi connectivity index (χ2n) is 5.15. The van der Waals surface area contributed by atoms with Crippen molar-refractivity contribution >= 4 is 11.6 Å². The second-order valence-corrected chi connectivity index (χ2v) is 5.15. The van der Waals surface area contributed by atoms with Crippen LogP contribution in [0.2, 0.25) is 0 Å². The summed E-state index contributed by atoms with van der Waals surface area (Å²) in [5, 5.41) is 6.11. The summed E-state index contributed by atoms with van der Waals surface area (Å²) in [7, 11) is 0. The summed E-state index contributed by atoms with van der Waals surface area (Å²) in [5.41, 5.74) is 1.50. The van der Waals surface area contributed by atoms with E-state index < -0.39 is 6.04 Å². The monoisotopic (exact) mass is 300 g/mol. The van der Waals surface area contributed by atoms with Gasteiger partial charge in [-0.2, -0.15) is 0 Å². The van der Waals surface area contributed by atoms with E-state index in [4.69, 9.17) is 0 Å². The highest BCUT2D eigenvalue weighted by atomic mass is 19.1. The van der Waals surface area contributed by atoms with E-state index in [0.717, 1.165) is 24.9 Å². The lowest BCUT2D eigenvalue weighted by Gasteiger charge is -2.19. The molecule has 0 spiro atoms. The molecular formula is C18H21FN2O. The summed E-state index contributed by atoms with van der Waals surface area (Å²) in [5.74, 6) is -0.465. The molecule has 116 valence electrons. The van der Waals surface area contributed by atoms with Crippen molar-refractivity contribution in [3.8, 4) is 0 Å². The lowest BCUT2D eigenvalue weighted by molar-refractivity contribution is -0.118. The molecule has 0 bridgehead atoms. The Labute approximate surface area is 130 Å². The topological polar surface area (TPSA) is 41.1 Å². The van der Waals surface area contributed by atoms with Crippen LogP contribution in [-0.4, -0.2) is 12.5 Å². The van der Waals surface area contributed by atoms with Crippen LogP contribution in [-0.2, 0) is 4.79 Å². The summed E-state index contributed by atoms with van der Waals surface area (Å²) in [6, 6.07) is 15.0. The van der Waals surface area contributed by atoms with E-state index in [1.165, 1.54) is 12.1 Å². The van der Waals surface area contributed by atoms with E-state index in [2.05, 4.69) is 17.6 Å². The molecule has 0 heterocycles. The number of hydrogen-bond acceptors (Lipinski definition) is 2. The highest BCUT2D eigenvalue weighted by molar-refractivity contribution is 5.95. The van der Waals surface area contributed by atoms with Crippen molar-refractivity contribution < 1.29 is 9.18 Å². The molecule has 0 aliphatic rings. The Morgan fingerprint density at radius 3 is 2.41 bits per heavy atom. The van der Waals surface area contributed by atoms with Gasteiger partial charge in [-0.1, -0.05) is 43.7 Å². The van der Waals surface area contributed by atoms with E-state index in [1.54, 1.807) is 12.1 Å². The summed E-state index contributed by atoms with van der Waals surface area (Å²) in [4.78, 5) is 12.5. The molecule has 0 aromatic heterocycles. The molecule has 22 heavy (non-hydrogen) atoms. The Morgan fingerprint density at radius 2 is 1.77 bits per heavy atom. The number of rotatable bonds is 7. The van der Waals surface area contributed by atoms with Crippen molar-refractivity contribution in [3.63, 3.8) is 0 Å². The molecule has 3 nitrogen and oxygen atoms in total. The summed E-state index contributed by atoms with van der Waals surface area (Å²) >= 11 is 0. The maximum Gasteiger partial charge on any atom is 0.246 e. The average Bonchev–Trinajstić information content (AvgIpc) is 2.54. The SMILES string of the molecule is CCCCN[C@H](C(=O)Nc1ccc(F)cc1)c1ccccc1. The number of unbranched alkanes of at least 4 members (excludes halogenated alkanes) is 1. The van der Waals surface area contributed by atoms with Crippen LogP contribution in [0.25, 0.3) is 0 Å². The van der Waals surface area contributed by atoms with Gasteiger partial charge < -0.3 is 10.6 Å². The van der Waals surface area contributed by atoms with E-state index in [-0.39, 0.29) is 11.7 Å². The standard InChI is InChI=1S/C18H21FN2O/c1-2-3-13-20-17(14-7-5-4-6-8-14)18(22)21-16-11-9-15(19)10-12-16/h4-12,17,20H,2-3,13H2,1H3,(H,21,22)/t17-/m0/s1. The molecule has 0 unspecified atom stereocenters. The molecule has 2 aromatic rings. The fourth-order valence-corrected chi connectivity index (χ4v) is 2.18. The van der Waals surface area contributed by atoms with Gasteiger partial charge in [0.05, 0.1) is 0 Å². The largest absolute Gasteiger partial charge is 0.324 e. The lowest BCUT2D eigenvalue weighted by Crippen LogP contribution is -2.33. The molecule has 0 saturated carbocycles. The van der Waals surface area contributed by atoms with Crippen LogP contribution in [0.4, 0.5) is 10.1 Å². The van der Waals surface area contributed by atoms with Crippen molar-refractivity contribution in [2.75, 3.05) is 11.9 Å².